The van der Waals surface area contributed by atoms with E-state index in [4.69, 9.17) is 10.9 Å². The first-order chi connectivity index (χ1) is 9.57. The molecule has 0 aromatic heterocycles. The molecule has 110 valence electrons. The fraction of sp³-hybridized carbons (Fsp3) is 0.429. The van der Waals surface area contributed by atoms with Crippen molar-refractivity contribution in [2.24, 2.45) is 10.9 Å². The summed E-state index contributed by atoms with van der Waals surface area (Å²) in [6.45, 7) is 3.79. The van der Waals surface area contributed by atoms with Crippen LogP contribution in [0.4, 0.5) is 0 Å². The second-order valence-electron chi connectivity index (χ2n) is 4.42. The van der Waals surface area contributed by atoms with Gasteiger partial charge in [0.05, 0.1) is 5.75 Å². The molecule has 0 spiro atoms. The Morgan fingerprint density at radius 3 is 2.45 bits per heavy atom. The lowest BCUT2D eigenvalue weighted by Gasteiger charge is -2.31. The van der Waals surface area contributed by atoms with E-state index in [0.29, 0.717) is 18.6 Å². The van der Waals surface area contributed by atoms with Gasteiger partial charge in [0.15, 0.2) is 5.84 Å². The average molecular weight is 295 g/mol. The predicted molar refractivity (Wildman–Crippen MR) is 82.0 cm³/mol. The molecule has 0 atom stereocenters. The predicted octanol–water partition coefficient (Wildman–Crippen LogP) is 2.20. The second kappa shape index (κ2) is 7.79. The number of amides is 1. The van der Waals surface area contributed by atoms with Gasteiger partial charge in [-0.3, -0.25) is 4.79 Å². The first-order valence-electron chi connectivity index (χ1n) is 6.54. The minimum atomic E-state index is -0.775. The maximum atomic E-state index is 12.0. The van der Waals surface area contributed by atoms with E-state index in [2.05, 4.69) is 10.5 Å². The molecule has 6 heteroatoms. The number of oxime groups is 1. The van der Waals surface area contributed by atoms with Gasteiger partial charge in [-0.1, -0.05) is 37.2 Å². The van der Waals surface area contributed by atoms with Crippen LogP contribution < -0.4 is 11.1 Å². The van der Waals surface area contributed by atoms with Crippen LogP contribution in [-0.4, -0.2) is 28.2 Å². The Morgan fingerprint density at radius 2 is 1.95 bits per heavy atom. The van der Waals surface area contributed by atoms with E-state index in [0.717, 1.165) is 4.90 Å². The molecule has 0 bridgehead atoms. The van der Waals surface area contributed by atoms with E-state index < -0.39 is 5.54 Å². The van der Waals surface area contributed by atoms with E-state index in [1.54, 1.807) is 0 Å². The highest BCUT2D eigenvalue weighted by molar-refractivity contribution is 8.00. The lowest BCUT2D eigenvalue weighted by Crippen LogP contribution is -2.57. The molecular weight excluding hydrogens is 274 g/mol. The Labute approximate surface area is 123 Å². The standard InChI is InChI=1S/C14H21N3O2S/c1-3-14(4-2,13(15)17-19)16-12(18)10-20-11-8-6-5-7-9-11/h5-9,19H,3-4,10H2,1-2H3,(H2,15,17)(H,16,18). The Balaban J connectivity index is 2.63. The quantitative estimate of drug-likeness (QED) is 0.236. The van der Waals surface area contributed by atoms with Crippen molar-refractivity contribution >= 4 is 23.5 Å². The molecule has 4 N–H and O–H groups in total. The van der Waals surface area contributed by atoms with Gasteiger partial charge in [0.1, 0.15) is 5.54 Å². The lowest BCUT2D eigenvalue weighted by molar-refractivity contribution is -0.119. The van der Waals surface area contributed by atoms with Crippen molar-refractivity contribution in [3.63, 3.8) is 0 Å². The van der Waals surface area contributed by atoms with Gasteiger partial charge in [0.25, 0.3) is 0 Å². The summed E-state index contributed by atoms with van der Waals surface area (Å²) in [5.74, 6) is 0.208. The Hall–Kier alpha value is -1.69. The number of benzene rings is 1. The summed E-state index contributed by atoms with van der Waals surface area (Å²) in [5.41, 5.74) is 4.93. The zero-order chi connectivity index (χ0) is 15.0. The molecule has 0 fully saturated rings. The van der Waals surface area contributed by atoms with E-state index in [1.165, 1.54) is 11.8 Å². The van der Waals surface area contributed by atoms with Gasteiger partial charge >= 0.3 is 0 Å². The molecule has 0 aliphatic rings. The van der Waals surface area contributed by atoms with Crippen molar-refractivity contribution in [2.45, 2.75) is 37.1 Å². The molecule has 5 nitrogen and oxygen atoms in total. The second-order valence-corrected chi connectivity index (χ2v) is 5.47. The van der Waals surface area contributed by atoms with Crippen molar-refractivity contribution in [1.29, 1.82) is 0 Å². The maximum Gasteiger partial charge on any atom is 0.231 e. The molecule has 1 amide bonds. The van der Waals surface area contributed by atoms with Crippen LogP contribution in [0.1, 0.15) is 26.7 Å². The minimum absolute atomic E-state index is 0.0422. The van der Waals surface area contributed by atoms with Gasteiger partial charge in [0, 0.05) is 4.90 Å². The van der Waals surface area contributed by atoms with Crippen molar-refractivity contribution in [3.8, 4) is 0 Å². The Kier molecular flexibility index (Phi) is 6.38. The van der Waals surface area contributed by atoms with Crippen LogP contribution in [0.15, 0.2) is 40.4 Å². The van der Waals surface area contributed by atoms with Gasteiger partial charge in [-0.15, -0.1) is 11.8 Å². The number of rotatable bonds is 7. The zero-order valence-electron chi connectivity index (χ0n) is 11.8. The van der Waals surface area contributed by atoms with Gasteiger partial charge in [0.2, 0.25) is 5.91 Å². The number of nitrogens with two attached hydrogens (primary N) is 1. The fourth-order valence-corrected chi connectivity index (χ4v) is 2.64. The smallest absolute Gasteiger partial charge is 0.231 e. The highest BCUT2D eigenvalue weighted by Gasteiger charge is 2.33. The molecule has 20 heavy (non-hydrogen) atoms. The van der Waals surface area contributed by atoms with Gasteiger partial charge in [-0.05, 0) is 25.0 Å². The normalized spacial score (nSPS) is 12.2. The van der Waals surface area contributed by atoms with Gasteiger partial charge in [-0.2, -0.15) is 0 Å². The molecule has 0 radical (unpaired) electrons. The highest BCUT2D eigenvalue weighted by Crippen LogP contribution is 2.19. The molecule has 1 aromatic carbocycles. The van der Waals surface area contributed by atoms with Gasteiger partial charge in [-0.25, -0.2) is 0 Å². The summed E-state index contributed by atoms with van der Waals surface area (Å²) < 4.78 is 0. The van der Waals surface area contributed by atoms with E-state index in [-0.39, 0.29) is 11.7 Å². The molecule has 0 saturated carbocycles. The monoisotopic (exact) mass is 295 g/mol. The summed E-state index contributed by atoms with van der Waals surface area (Å²) in [6.07, 6.45) is 1.14. The fourth-order valence-electron chi connectivity index (χ4n) is 1.92. The first kappa shape index (κ1) is 16.4. The summed E-state index contributed by atoms with van der Waals surface area (Å²) >= 11 is 1.45. The third-order valence-corrected chi connectivity index (χ3v) is 4.31. The third kappa shape index (κ3) is 4.16. The van der Waals surface area contributed by atoms with E-state index in [1.807, 2.05) is 44.2 Å². The maximum absolute atomic E-state index is 12.0. The van der Waals surface area contributed by atoms with Crippen LogP contribution in [-0.2, 0) is 4.79 Å². The average Bonchev–Trinajstić information content (AvgIpc) is 2.51. The number of carbonyl (C=O) groups excluding carboxylic acids is 1. The highest BCUT2D eigenvalue weighted by atomic mass is 32.2. The molecule has 1 aromatic rings. The summed E-state index contributed by atoms with van der Waals surface area (Å²) in [4.78, 5) is 13.1. The van der Waals surface area contributed by atoms with Crippen LogP contribution >= 0.6 is 11.8 Å². The molecule has 1 rings (SSSR count). The van der Waals surface area contributed by atoms with E-state index >= 15 is 0 Å². The van der Waals surface area contributed by atoms with Crippen LogP contribution in [0.5, 0.6) is 0 Å². The van der Waals surface area contributed by atoms with Gasteiger partial charge < -0.3 is 16.3 Å². The lowest BCUT2D eigenvalue weighted by atomic mass is 9.91. The molecular formula is C14H21N3O2S. The van der Waals surface area contributed by atoms with Crippen molar-refractivity contribution < 1.29 is 10.0 Å². The van der Waals surface area contributed by atoms with Crippen molar-refractivity contribution in [2.75, 3.05) is 5.75 Å². The largest absolute Gasteiger partial charge is 0.409 e. The van der Waals surface area contributed by atoms with Crippen LogP contribution in [0, 0.1) is 0 Å². The van der Waals surface area contributed by atoms with E-state index in [9.17, 15) is 4.79 Å². The molecule has 0 saturated heterocycles. The van der Waals surface area contributed by atoms with Crippen molar-refractivity contribution in [1.82, 2.24) is 5.32 Å². The number of thioether (sulfide) groups is 1. The van der Waals surface area contributed by atoms with Crippen LogP contribution in [0.2, 0.25) is 0 Å². The number of nitrogens with one attached hydrogen (secondary N) is 1. The third-order valence-electron chi connectivity index (χ3n) is 3.30. The molecule has 0 aliphatic heterocycles. The number of carbonyl (C=O) groups is 1. The topological polar surface area (TPSA) is 87.7 Å². The molecule has 0 aliphatic carbocycles. The van der Waals surface area contributed by atoms with Crippen molar-refractivity contribution in [3.05, 3.63) is 30.3 Å². The first-order valence-corrected chi connectivity index (χ1v) is 7.53. The number of hydrogen-bond acceptors (Lipinski definition) is 4. The SMILES string of the molecule is CCC(CC)(NC(=O)CSc1ccccc1)C(N)=NO. The minimum Gasteiger partial charge on any atom is -0.409 e. The Bertz CT molecular complexity index is 459. The number of nitrogens with zero attached hydrogens (tertiary/aromatic N) is 1. The van der Waals surface area contributed by atoms with Crippen LogP contribution in [0.25, 0.3) is 0 Å². The summed E-state index contributed by atoms with van der Waals surface area (Å²) in [7, 11) is 0. The Morgan fingerprint density at radius 1 is 1.35 bits per heavy atom. The molecule has 0 unspecified atom stereocenters. The zero-order valence-corrected chi connectivity index (χ0v) is 12.6. The summed E-state index contributed by atoms with van der Waals surface area (Å²) in [6, 6.07) is 9.70. The summed E-state index contributed by atoms with van der Waals surface area (Å²) in [5, 5.41) is 14.8. The number of hydrogen-bond donors (Lipinski definition) is 3. The number of amidine groups is 1. The van der Waals surface area contributed by atoms with Crippen LogP contribution in [0.3, 0.4) is 0 Å². The molecule has 0 heterocycles.